The summed E-state index contributed by atoms with van der Waals surface area (Å²) in [6.07, 6.45) is 4.40. The number of amides is 1. The van der Waals surface area contributed by atoms with Crippen molar-refractivity contribution in [3.05, 3.63) is 28.0 Å². The highest BCUT2D eigenvalue weighted by molar-refractivity contribution is 8.04. The van der Waals surface area contributed by atoms with Crippen LogP contribution in [-0.2, 0) is 0 Å². The molecule has 21 heavy (non-hydrogen) atoms. The van der Waals surface area contributed by atoms with Crippen molar-refractivity contribution in [2.75, 3.05) is 12.8 Å². The molecule has 1 N–H and O–H groups in total. The fraction of sp³-hybridized carbons (Fsp3) is 0.429. The van der Waals surface area contributed by atoms with Crippen molar-refractivity contribution in [2.45, 2.75) is 26.2 Å². The number of rotatable bonds is 6. The third-order valence-electron chi connectivity index (χ3n) is 3.08. The van der Waals surface area contributed by atoms with E-state index in [2.05, 4.69) is 17.4 Å². The van der Waals surface area contributed by atoms with Crippen molar-refractivity contribution >= 4 is 29.2 Å². The number of carbonyl (C=O) groups excluding carboxylic acids is 3. The Morgan fingerprint density at radius 2 is 2.14 bits per heavy atom. The second-order valence-corrected chi connectivity index (χ2v) is 5.71. The Kier molecular flexibility index (Phi) is 4.95. The average molecular weight is 308 g/mol. The van der Waals surface area contributed by atoms with Gasteiger partial charge in [0.05, 0.1) is 4.91 Å². The third kappa shape index (κ3) is 3.07. The summed E-state index contributed by atoms with van der Waals surface area (Å²) in [4.78, 5) is 36.4. The van der Waals surface area contributed by atoms with Crippen LogP contribution in [0.2, 0.25) is 0 Å². The van der Waals surface area contributed by atoms with Crippen LogP contribution in [-0.4, -0.2) is 35.4 Å². The van der Waals surface area contributed by atoms with Crippen LogP contribution in [0, 0.1) is 0 Å². The normalized spacial score (nSPS) is 13.9. The minimum atomic E-state index is -0.543. The second kappa shape index (κ2) is 6.71. The molecular formula is C14H16N2O4S. The number of unbranched alkanes of at least 4 members (excludes halogenated alkanes) is 2. The first-order valence-corrected chi connectivity index (χ1v) is 7.74. The Morgan fingerprint density at radius 3 is 2.81 bits per heavy atom. The Balaban J connectivity index is 2.23. The summed E-state index contributed by atoms with van der Waals surface area (Å²) in [6.45, 7) is 2.10. The van der Waals surface area contributed by atoms with Gasteiger partial charge in [-0.05, 0) is 12.2 Å². The van der Waals surface area contributed by atoms with Gasteiger partial charge in [-0.2, -0.15) is 0 Å². The van der Waals surface area contributed by atoms with Gasteiger partial charge >= 0.3 is 0 Å². The second-order valence-electron chi connectivity index (χ2n) is 4.57. The number of nitrogens with zero attached hydrogens (tertiary/aromatic N) is 1. The van der Waals surface area contributed by atoms with E-state index in [-0.39, 0.29) is 22.8 Å². The topological polar surface area (TPSA) is 89.3 Å². The molecule has 0 spiro atoms. The summed E-state index contributed by atoms with van der Waals surface area (Å²) in [7, 11) is 1.43. The highest BCUT2D eigenvalue weighted by atomic mass is 32.2. The van der Waals surface area contributed by atoms with Crippen LogP contribution < -0.4 is 5.32 Å². The lowest BCUT2D eigenvalue weighted by Crippen LogP contribution is -2.23. The lowest BCUT2D eigenvalue weighted by molar-refractivity contribution is 0.0944. The number of hydrogen-bond donors (Lipinski definition) is 1. The summed E-state index contributed by atoms with van der Waals surface area (Å²) >= 11 is 1.33. The first-order valence-electron chi connectivity index (χ1n) is 6.75. The molecule has 0 fully saturated rings. The molecule has 6 nitrogen and oxygen atoms in total. The fourth-order valence-corrected chi connectivity index (χ4v) is 2.95. The molecule has 7 heteroatoms. The van der Waals surface area contributed by atoms with Crippen molar-refractivity contribution in [2.24, 2.45) is 0 Å². The van der Waals surface area contributed by atoms with Crippen LogP contribution in [0.4, 0.5) is 0 Å². The number of nitrogens with one attached hydrogen (secondary N) is 1. The zero-order valence-corrected chi connectivity index (χ0v) is 12.7. The number of aromatic nitrogens is 1. The van der Waals surface area contributed by atoms with Gasteiger partial charge in [0, 0.05) is 13.1 Å². The maximum atomic E-state index is 12.4. The molecule has 0 radical (unpaired) electrons. The van der Waals surface area contributed by atoms with Crippen LogP contribution in [0.1, 0.15) is 57.6 Å². The van der Waals surface area contributed by atoms with Gasteiger partial charge in [-0.25, -0.2) is 0 Å². The number of Topliss-reactive ketones (excluding diaryl/α,β-unsaturated/α-hetero) is 1. The summed E-state index contributed by atoms with van der Waals surface area (Å²) in [5.41, 5.74) is -0.162. The van der Waals surface area contributed by atoms with E-state index in [1.807, 2.05) is 0 Å². The number of ketones is 2. The molecule has 1 heterocycles. The molecule has 1 aromatic rings. The van der Waals surface area contributed by atoms with Crippen LogP contribution in [0.3, 0.4) is 0 Å². The molecule has 0 bridgehead atoms. The largest absolute Gasteiger partial charge is 0.354 e. The zero-order valence-electron chi connectivity index (χ0n) is 11.9. The van der Waals surface area contributed by atoms with E-state index in [4.69, 9.17) is 4.52 Å². The zero-order chi connectivity index (χ0) is 15.4. The van der Waals surface area contributed by atoms with Gasteiger partial charge in [-0.1, -0.05) is 24.9 Å². The van der Waals surface area contributed by atoms with E-state index in [9.17, 15) is 14.4 Å². The van der Waals surface area contributed by atoms with E-state index in [1.54, 1.807) is 0 Å². The van der Waals surface area contributed by atoms with E-state index >= 15 is 0 Å². The number of hydrogen-bond acceptors (Lipinski definition) is 6. The number of fused-ring (bicyclic) bond motifs is 1. The van der Waals surface area contributed by atoms with E-state index in [1.165, 1.54) is 24.9 Å². The van der Waals surface area contributed by atoms with Gasteiger partial charge in [-0.15, -0.1) is 11.8 Å². The molecule has 0 aromatic carbocycles. The lowest BCUT2D eigenvalue weighted by atomic mass is 10.00. The summed E-state index contributed by atoms with van der Waals surface area (Å²) in [5.74, 6) is -0.736. The van der Waals surface area contributed by atoms with E-state index in [0.717, 1.165) is 25.0 Å². The van der Waals surface area contributed by atoms with Crippen molar-refractivity contribution in [3.63, 3.8) is 0 Å². The summed E-state index contributed by atoms with van der Waals surface area (Å²) in [5, 5.41) is 5.92. The molecule has 1 aliphatic rings. The Labute approximate surface area is 126 Å². The van der Waals surface area contributed by atoms with Crippen molar-refractivity contribution < 1.29 is 18.9 Å². The highest BCUT2D eigenvalue weighted by Crippen LogP contribution is 2.30. The smallest absolute Gasteiger partial charge is 0.274 e. The predicted molar refractivity (Wildman–Crippen MR) is 78.6 cm³/mol. The molecule has 1 amide bonds. The maximum absolute atomic E-state index is 12.4. The predicted octanol–water partition coefficient (Wildman–Crippen LogP) is 2.22. The molecule has 2 rings (SSSR count). The Bertz CT molecular complexity index is 618. The molecule has 0 saturated heterocycles. The molecule has 112 valence electrons. The van der Waals surface area contributed by atoms with Crippen molar-refractivity contribution in [1.29, 1.82) is 0 Å². The summed E-state index contributed by atoms with van der Waals surface area (Å²) < 4.78 is 4.85. The van der Waals surface area contributed by atoms with Gasteiger partial charge in [0.1, 0.15) is 5.56 Å². The van der Waals surface area contributed by atoms with Gasteiger partial charge in [-0.3, -0.25) is 14.4 Å². The van der Waals surface area contributed by atoms with Gasteiger partial charge in [0.2, 0.25) is 17.3 Å². The van der Waals surface area contributed by atoms with Crippen molar-refractivity contribution in [1.82, 2.24) is 10.5 Å². The Morgan fingerprint density at radius 1 is 1.38 bits per heavy atom. The van der Waals surface area contributed by atoms with Gasteiger partial charge in [0.25, 0.3) is 5.91 Å². The average Bonchev–Trinajstić information content (AvgIpc) is 2.93. The minimum Gasteiger partial charge on any atom is -0.354 e. The monoisotopic (exact) mass is 308 g/mol. The SMILES string of the molecule is CCCCCSC1=CC(=O)c2onc(C(=O)NC)c2C1=O. The standard InChI is InChI=1S/C14H16N2O4S/c1-3-4-5-6-21-9-7-8(17)13-10(12(9)18)11(16-20-13)14(19)15-2/h7H,3-6H2,1-2H3,(H,15,19). The number of allylic oxidation sites excluding steroid dienone is 2. The number of carbonyl (C=O) groups is 3. The molecular weight excluding hydrogens is 292 g/mol. The van der Waals surface area contributed by atoms with Gasteiger partial charge < -0.3 is 9.84 Å². The summed E-state index contributed by atoms with van der Waals surface area (Å²) in [6, 6.07) is 0. The van der Waals surface area contributed by atoms with Crippen LogP contribution in [0.25, 0.3) is 0 Å². The van der Waals surface area contributed by atoms with E-state index in [0.29, 0.717) is 4.91 Å². The lowest BCUT2D eigenvalue weighted by Gasteiger charge is -2.10. The molecule has 1 aromatic heterocycles. The van der Waals surface area contributed by atoms with Crippen LogP contribution in [0.15, 0.2) is 15.5 Å². The van der Waals surface area contributed by atoms with Crippen molar-refractivity contribution in [3.8, 4) is 0 Å². The fourth-order valence-electron chi connectivity index (χ4n) is 1.96. The Hall–Kier alpha value is -1.89. The van der Waals surface area contributed by atoms with Gasteiger partial charge in [0.15, 0.2) is 5.69 Å². The van der Waals surface area contributed by atoms with E-state index < -0.39 is 11.7 Å². The van der Waals surface area contributed by atoms with Crippen LogP contribution >= 0.6 is 11.8 Å². The third-order valence-corrected chi connectivity index (χ3v) is 4.18. The highest BCUT2D eigenvalue weighted by Gasteiger charge is 2.35. The molecule has 0 unspecified atom stereocenters. The minimum absolute atomic E-state index is 0.0279. The quantitative estimate of drug-likeness (QED) is 0.811. The molecule has 0 atom stereocenters. The molecule has 0 saturated carbocycles. The molecule has 0 aliphatic heterocycles. The first kappa shape index (κ1) is 15.5. The van der Waals surface area contributed by atoms with Crippen LogP contribution in [0.5, 0.6) is 0 Å². The maximum Gasteiger partial charge on any atom is 0.274 e. The number of thioether (sulfide) groups is 1. The first-order chi connectivity index (χ1) is 10.1. The molecule has 1 aliphatic carbocycles.